The first-order valence-electron chi connectivity index (χ1n) is 7.16. The summed E-state index contributed by atoms with van der Waals surface area (Å²) in [6, 6.07) is 14.5. The largest absolute Gasteiger partial charge is 0.416 e. The Hall–Kier alpha value is -2.25. The number of halogens is 3. The summed E-state index contributed by atoms with van der Waals surface area (Å²) in [5.74, 6) is 0. The minimum Gasteiger partial charge on any atom is -0.325 e. The Morgan fingerprint density at radius 3 is 2.42 bits per heavy atom. The number of nitrogens with zero attached hydrogens (tertiary/aromatic N) is 1. The van der Waals surface area contributed by atoms with Gasteiger partial charge in [-0.1, -0.05) is 18.2 Å². The van der Waals surface area contributed by atoms with Crippen molar-refractivity contribution >= 4 is 28.5 Å². The van der Waals surface area contributed by atoms with E-state index in [9.17, 15) is 13.2 Å². The van der Waals surface area contributed by atoms with Crippen molar-refractivity contribution in [2.45, 2.75) is 17.6 Å². The Labute approximate surface area is 141 Å². The summed E-state index contributed by atoms with van der Waals surface area (Å²) in [7, 11) is 0. The van der Waals surface area contributed by atoms with E-state index in [0.29, 0.717) is 11.4 Å². The number of pyridine rings is 1. The fourth-order valence-electron chi connectivity index (χ4n) is 2.21. The molecule has 0 aliphatic heterocycles. The van der Waals surface area contributed by atoms with Gasteiger partial charge in [-0.05, 0) is 48.3 Å². The Balaban J connectivity index is 1.80. The van der Waals surface area contributed by atoms with Gasteiger partial charge in [-0.2, -0.15) is 13.2 Å². The van der Waals surface area contributed by atoms with Gasteiger partial charge in [-0.3, -0.25) is 0 Å². The van der Waals surface area contributed by atoms with Crippen LogP contribution in [0.1, 0.15) is 11.3 Å². The molecule has 2 aromatic carbocycles. The Morgan fingerprint density at radius 2 is 1.75 bits per heavy atom. The zero-order valence-corrected chi connectivity index (χ0v) is 13.3. The second kappa shape index (κ2) is 6.70. The summed E-state index contributed by atoms with van der Waals surface area (Å²) in [5, 5.41) is 0.963. The molecule has 3 N–H and O–H groups in total. The van der Waals surface area contributed by atoms with Gasteiger partial charge in [0, 0.05) is 16.8 Å². The van der Waals surface area contributed by atoms with Gasteiger partial charge in [0.2, 0.25) is 0 Å². The average Bonchev–Trinajstić information content (AvgIpc) is 2.59. The van der Waals surface area contributed by atoms with Gasteiger partial charge in [0.25, 0.3) is 0 Å². The summed E-state index contributed by atoms with van der Waals surface area (Å²) >= 11 is 1.23. The number of rotatable bonds is 4. The van der Waals surface area contributed by atoms with Gasteiger partial charge >= 0.3 is 6.18 Å². The predicted molar refractivity (Wildman–Crippen MR) is 90.6 cm³/mol. The van der Waals surface area contributed by atoms with Crippen LogP contribution in [0, 0.1) is 0 Å². The summed E-state index contributed by atoms with van der Waals surface area (Å²) in [6.45, 7) is 0.344. The van der Waals surface area contributed by atoms with Crippen molar-refractivity contribution in [1.29, 1.82) is 0 Å². The van der Waals surface area contributed by atoms with E-state index in [1.54, 1.807) is 0 Å². The molecule has 0 saturated carbocycles. The first-order valence-corrected chi connectivity index (χ1v) is 7.98. The third-order valence-corrected chi connectivity index (χ3v) is 4.28. The average molecular weight is 349 g/mol. The Morgan fingerprint density at radius 1 is 1.00 bits per heavy atom. The quantitative estimate of drug-likeness (QED) is 0.662. The van der Waals surface area contributed by atoms with E-state index in [2.05, 4.69) is 9.71 Å². The van der Waals surface area contributed by atoms with Crippen LogP contribution < -0.4 is 10.5 Å². The molecule has 0 bridgehead atoms. The molecular formula is C17H14F3N3S. The molecule has 3 aromatic rings. The van der Waals surface area contributed by atoms with Crippen LogP contribution in [0.5, 0.6) is 0 Å². The summed E-state index contributed by atoms with van der Waals surface area (Å²) < 4.78 is 40.9. The molecule has 0 unspecified atom stereocenters. The minimum absolute atomic E-state index is 0.344. The van der Waals surface area contributed by atoms with Crippen molar-refractivity contribution in [2.24, 2.45) is 5.73 Å². The highest BCUT2D eigenvalue weighted by Crippen LogP contribution is 2.32. The molecule has 0 aliphatic rings. The molecule has 24 heavy (non-hydrogen) atoms. The molecule has 3 nitrogen and oxygen atoms in total. The molecule has 0 spiro atoms. The molecule has 0 radical (unpaired) electrons. The van der Waals surface area contributed by atoms with E-state index in [-0.39, 0.29) is 0 Å². The van der Waals surface area contributed by atoms with Crippen LogP contribution >= 0.6 is 11.9 Å². The fourth-order valence-corrected chi connectivity index (χ4v) is 2.87. The van der Waals surface area contributed by atoms with Crippen molar-refractivity contribution in [3.05, 3.63) is 65.9 Å². The number of para-hydroxylation sites is 1. The summed E-state index contributed by atoms with van der Waals surface area (Å²) in [6.07, 6.45) is -4.32. The molecule has 0 amide bonds. The van der Waals surface area contributed by atoms with E-state index >= 15 is 0 Å². The number of aromatic nitrogens is 1. The molecular weight excluding hydrogens is 335 g/mol. The zero-order valence-electron chi connectivity index (χ0n) is 12.5. The normalized spacial score (nSPS) is 11.7. The zero-order chi connectivity index (χ0) is 17.2. The highest BCUT2D eigenvalue weighted by molar-refractivity contribution is 8.00. The van der Waals surface area contributed by atoms with Gasteiger partial charge in [0.05, 0.1) is 22.5 Å². The van der Waals surface area contributed by atoms with Crippen LogP contribution in [-0.2, 0) is 12.7 Å². The van der Waals surface area contributed by atoms with E-state index in [1.807, 2.05) is 30.3 Å². The highest BCUT2D eigenvalue weighted by Gasteiger charge is 2.29. The molecule has 7 heteroatoms. The van der Waals surface area contributed by atoms with Gasteiger partial charge in [-0.25, -0.2) is 4.98 Å². The third kappa shape index (κ3) is 3.63. The second-order valence-corrected chi connectivity index (χ2v) is 5.99. The lowest BCUT2D eigenvalue weighted by Gasteiger charge is -2.10. The third-order valence-electron chi connectivity index (χ3n) is 3.45. The number of alkyl halides is 3. The van der Waals surface area contributed by atoms with Crippen molar-refractivity contribution in [2.75, 3.05) is 4.72 Å². The van der Waals surface area contributed by atoms with Gasteiger partial charge in [0.1, 0.15) is 0 Å². The Kier molecular flexibility index (Phi) is 4.64. The maximum atomic E-state index is 12.6. The number of nitrogens with two attached hydrogens (primary N) is 1. The Bertz CT molecular complexity index is 848. The number of hydrogen-bond acceptors (Lipinski definition) is 4. The van der Waals surface area contributed by atoms with E-state index < -0.39 is 11.7 Å². The number of nitrogens with one attached hydrogen (secondary N) is 1. The summed E-state index contributed by atoms with van der Waals surface area (Å²) in [4.78, 5) is 5.18. The van der Waals surface area contributed by atoms with Crippen LogP contribution in [0.2, 0.25) is 0 Å². The lowest BCUT2D eigenvalue weighted by molar-refractivity contribution is -0.137. The lowest BCUT2D eigenvalue weighted by atomic mass is 10.2. The molecule has 0 fully saturated rings. The number of fused-ring (bicyclic) bond motifs is 1. The van der Waals surface area contributed by atoms with Crippen molar-refractivity contribution < 1.29 is 13.2 Å². The van der Waals surface area contributed by atoms with Crippen LogP contribution in [0.3, 0.4) is 0 Å². The number of benzene rings is 2. The topological polar surface area (TPSA) is 50.9 Å². The van der Waals surface area contributed by atoms with Crippen molar-refractivity contribution in [3.8, 4) is 0 Å². The van der Waals surface area contributed by atoms with E-state index in [1.165, 1.54) is 24.1 Å². The summed E-state index contributed by atoms with van der Waals surface area (Å²) in [5.41, 5.74) is 7.30. The molecule has 124 valence electrons. The second-order valence-electron chi connectivity index (χ2n) is 5.11. The maximum Gasteiger partial charge on any atom is 0.416 e. The molecule has 0 atom stereocenters. The van der Waals surface area contributed by atoms with Crippen molar-refractivity contribution in [3.63, 3.8) is 0 Å². The smallest absolute Gasteiger partial charge is 0.325 e. The predicted octanol–water partition coefficient (Wildman–Crippen LogP) is 4.83. The molecule has 3 rings (SSSR count). The van der Waals surface area contributed by atoms with Crippen LogP contribution in [-0.4, -0.2) is 4.98 Å². The molecule has 0 saturated heterocycles. The lowest BCUT2D eigenvalue weighted by Crippen LogP contribution is -2.04. The highest BCUT2D eigenvalue weighted by atomic mass is 32.2. The van der Waals surface area contributed by atoms with Gasteiger partial charge < -0.3 is 10.5 Å². The molecule has 0 aliphatic carbocycles. The SMILES string of the molecule is NCc1ccc2cccc(NSc3ccc(C(F)(F)F)cc3)c2n1. The number of anilines is 1. The standard InChI is InChI=1S/C17H14F3N3S/c18-17(19,20)12-5-8-14(9-6-12)24-23-15-3-1-2-11-4-7-13(10-21)22-16(11)15/h1-9,23H,10,21H2. The first-order chi connectivity index (χ1) is 11.5. The van der Waals surface area contributed by atoms with Crippen LogP contribution in [0.4, 0.5) is 18.9 Å². The van der Waals surface area contributed by atoms with Crippen LogP contribution in [0.15, 0.2) is 59.5 Å². The van der Waals surface area contributed by atoms with Gasteiger partial charge in [-0.15, -0.1) is 0 Å². The molecule has 1 heterocycles. The van der Waals surface area contributed by atoms with Crippen molar-refractivity contribution in [1.82, 2.24) is 4.98 Å². The van der Waals surface area contributed by atoms with E-state index in [4.69, 9.17) is 5.73 Å². The fraction of sp³-hybridized carbons (Fsp3) is 0.118. The van der Waals surface area contributed by atoms with Gasteiger partial charge in [0.15, 0.2) is 0 Å². The maximum absolute atomic E-state index is 12.6. The molecule has 1 aromatic heterocycles. The first kappa shape index (κ1) is 16.6. The monoisotopic (exact) mass is 349 g/mol. The minimum atomic E-state index is -4.32. The van der Waals surface area contributed by atoms with Crippen LogP contribution in [0.25, 0.3) is 10.9 Å². The van der Waals surface area contributed by atoms with E-state index in [0.717, 1.165) is 34.4 Å². The number of hydrogen-bond donors (Lipinski definition) is 2.